The number of benzene rings is 2. The van der Waals surface area contributed by atoms with Gasteiger partial charge in [-0.25, -0.2) is 18.6 Å². The van der Waals surface area contributed by atoms with E-state index in [2.05, 4.69) is 26.2 Å². The number of aromatic nitrogens is 3. The van der Waals surface area contributed by atoms with Crippen LogP contribution in [0.25, 0.3) is 33.4 Å². The minimum Gasteiger partial charge on any atom is -0.383 e. The van der Waals surface area contributed by atoms with Crippen LogP contribution in [0.3, 0.4) is 0 Å². The fourth-order valence-corrected chi connectivity index (χ4v) is 7.09. The number of nitrogens with two attached hydrogens (primary N) is 1. The van der Waals surface area contributed by atoms with Crippen molar-refractivity contribution >= 4 is 43.9 Å². The normalized spacial score (nSPS) is 15.3. The van der Waals surface area contributed by atoms with Gasteiger partial charge in [0.2, 0.25) is 0 Å². The number of nitrogens with one attached hydrogen (secondary N) is 1. The average molecular weight is 547 g/mol. The Hall–Kier alpha value is -4.05. The first kappa shape index (κ1) is 26.6. The zero-order valence-electron chi connectivity index (χ0n) is 22.2. The van der Waals surface area contributed by atoms with Crippen LogP contribution in [-0.4, -0.2) is 36.2 Å². The lowest BCUT2D eigenvalue weighted by Gasteiger charge is -2.13. The van der Waals surface area contributed by atoms with Crippen molar-refractivity contribution in [2.75, 3.05) is 17.3 Å². The van der Waals surface area contributed by atoms with Crippen molar-refractivity contribution in [3.8, 4) is 22.4 Å². The average Bonchev–Trinajstić information content (AvgIpc) is 3.53. The van der Waals surface area contributed by atoms with E-state index in [0.29, 0.717) is 44.8 Å². The molecule has 2 heterocycles. The fourth-order valence-electron chi connectivity index (χ4n) is 5.19. The first-order chi connectivity index (χ1) is 18.6. The lowest BCUT2D eigenvalue weighted by atomic mass is 9.98. The summed E-state index contributed by atoms with van der Waals surface area (Å²) in [5, 5.41) is 3.36. The minimum atomic E-state index is -2.36. The van der Waals surface area contributed by atoms with Crippen molar-refractivity contribution in [2.24, 2.45) is 11.4 Å². The van der Waals surface area contributed by atoms with Crippen molar-refractivity contribution in [3.63, 3.8) is 0 Å². The van der Waals surface area contributed by atoms with Crippen LogP contribution in [0, 0.1) is 5.82 Å². The molecule has 1 aliphatic rings. The van der Waals surface area contributed by atoms with Crippen LogP contribution in [0.15, 0.2) is 65.3 Å². The smallest absolute Gasteiger partial charge is 0.250 e. The van der Waals surface area contributed by atoms with Gasteiger partial charge in [0, 0.05) is 40.9 Å². The van der Waals surface area contributed by atoms with Gasteiger partial charge in [-0.2, -0.15) is 4.36 Å². The maximum absolute atomic E-state index is 15.6. The van der Waals surface area contributed by atoms with E-state index in [1.165, 1.54) is 12.4 Å². The minimum absolute atomic E-state index is 0.116. The van der Waals surface area contributed by atoms with Gasteiger partial charge in [-0.3, -0.25) is 4.79 Å². The molecule has 3 N–H and O–H groups in total. The van der Waals surface area contributed by atoms with Crippen LogP contribution >= 0.6 is 0 Å². The topological polar surface area (TPSA) is 115 Å². The van der Waals surface area contributed by atoms with Gasteiger partial charge in [-0.1, -0.05) is 31.6 Å². The lowest BCUT2D eigenvalue weighted by molar-refractivity contribution is -0.112. The van der Waals surface area contributed by atoms with E-state index in [-0.39, 0.29) is 17.0 Å². The number of carbonyl (C=O) groups excluding carboxylic acids is 1. The van der Waals surface area contributed by atoms with E-state index >= 15 is 4.39 Å². The van der Waals surface area contributed by atoms with Crippen LogP contribution in [0.5, 0.6) is 0 Å². The van der Waals surface area contributed by atoms with E-state index in [9.17, 15) is 9.00 Å². The number of hydrogen-bond acceptors (Lipinski definition) is 6. The first-order valence-corrected chi connectivity index (χ1v) is 14.7. The van der Waals surface area contributed by atoms with E-state index < -0.39 is 15.5 Å². The zero-order chi connectivity index (χ0) is 27.9. The van der Waals surface area contributed by atoms with Gasteiger partial charge in [0.05, 0.1) is 26.5 Å². The molecule has 1 amide bonds. The quantitative estimate of drug-likeness (QED) is 0.279. The monoisotopic (exact) mass is 546 g/mol. The van der Waals surface area contributed by atoms with Crippen molar-refractivity contribution in [2.45, 2.75) is 37.9 Å². The first-order valence-electron chi connectivity index (χ1n) is 12.7. The molecule has 5 rings (SSSR count). The number of rotatable bonds is 6. The maximum atomic E-state index is 15.6. The van der Waals surface area contributed by atoms with Crippen molar-refractivity contribution in [3.05, 3.63) is 66.8 Å². The molecule has 10 heteroatoms. The highest BCUT2D eigenvalue weighted by Crippen LogP contribution is 2.43. The van der Waals surface area contributed by atoms with Crippen LogP contribution in [0.4, 0.5) is 21.6 Å². The Morgan fingerprint density at radius 2 is 1.87 bits per heavy atom. The largest absolute Gasteiger partial charge is 0.383 e. The zero-order valence-corrected chi connectivity index (χ0v) is 23.0. The van der Waals surface area contributed by atoms with Crippen LogP contribution in [0.2, 0.25) is 0 Å². The standard InChI is InChI=1S/C29H31FN6O2S/c1-17(2)29(37)34-20-13-14-22(23(30)15-20)26-24(25-27(31)32-16-33-28(25)36(26)3)18-9-11-19(12-10-18)35-39(4,38)21-7-5-6-8-21/h9-16,21H,1,5-8H2,2-4H3,(H,34,37)(H2,31,32,33). The number of aryl methyl sites for hydroxylation is 1. The third-order valence-electron chi connectivity index (χ3n) is 7.23. The molecule has 39 heavy (non-hydrogen) atoms. The summed E-state index contributed by atoms with van der Waals surface area (Å²) >= 11 is 0. The molecule has 2 aromatic heterocycles. The molecule has 1 atom stereocenters. The Bertz CT molecular complexity index is 1730. The molecule has 8 nitrogen and oxygen atoms in total. The molecule has 0 saturated heterocycles. The maximum Gasteiger partial charge on any atom is 0.250 e. The molecule has 1 aliphatic carbocycles. The molecule has 202 valence electrons. The van der Waals surface area contributed by atoms with Gasteiger partial charge in [-0.15, -0.1) is 0 Å². The van der Waals surface area contributed by atoms with Crippen molar-refractivity contribution < 1.29 is 13.4 Å². The number of nitrogens with zero attached hydrogens (tertiary/aromatic N) is 4. The van der Waals surface area contributed by atoms with Gasteiger partial charge < -0.3 is 15.6 Å². The van der Waals surface area contributed by atoms with Gasteiger partial charge in [0.1, 0.15) is 23.6 Å². The Balaban J connectivity index is 1.63. The Morgan fingerprint density at radius 3 is 2.51 bits per heavy atom. The SMILES string of the molecule is C=C(C)C(=O)Nc1ccc(-c2c(-c3ccc(N=S(C)(=O)C4CCCC4)cc3)c3c(N)ncnc3n2C)c(F)c1. The highest BCUT2D eigenvalue weighted by molar-refractivity contribution is 7.93. The highest BCUT2D eigenvalue weighted by atomic mass is 32.2. The molecule has 4 aromatic rings. The molecule has 0 radical (unpaired) electrons. The van der Waals surface area contributed by atoms with E-state index in [1.807, 2.05) is 24.3 Å². The summed E-state index contributed by atoms with van der Waals surface area (Å²) in [6, 6.07) is 11.9. The summed E-state index contributed by atoms with van der Waals surface area (Å²) in [6.07, 6.45) is 7.18. The van der Waals surface area contributed by atoms with Gasteiger partial charge >= 0.3 is 0 Å². The number of carbonyl (C=O) groups is 1. The molecular formula is C29H31FN6O2S. The van der Waals surface area contributed by atoms with Gasteiger partial charge in [-0.05, 0) is 55.7 Å². The predicted octanol–water partition coefficient (Wildman–Crippen LogP) is 6.21. The van der Waals surface area contributed by atoms with E-state index in [0.717, 1.165) is 31.2 Å². The van der Waals surface area contributed by atoms with Crippen LogP contribution < -0.4 is 11.1 Å². The Kier molecular flexibility index (Phi) is 6.98. The molecule has 1 saturated carbocycles. The van der Waals surface area contributed by atoms with Gasteiger partial charge in [0.25, 0.3) is 5.91 Å². The number of anilines is 2. The second-order valence-electron chi connectivity index (χ2n) is 10.1. The molecule has 1 unspecified atom stereocenters. The molecule has 0 aliphatic heterocycles. The molecule has 0 spiro atoms. The third-order valence-corrected chi connectivity index (χ3v) is 9.51. The second-order valence-corrected chi connectivity index (χ2v) is 12.6. The lowest BCUT2D eigenvalue weighted by Crippen LogP contribution is -2.14. The van der Waals surface area contributed by atoms with Crippen LogP contribution in [-0.2, 0) is 21.6 Å². The Morgan fingerprint density at radius 1 is 1.18 bits per heavy atom. The van der Waals surface area contributed by atoms with E-state index in [1.54, 1.807) is 36.9 Å². The fraction of sp³-hybridized carbons (Fsp3) is 0.276. The number of fused-ring (bicyclic) bond motifs is 1. The summed E-state index contributed by atoms with van der Waals surface area (Å²) in [4.78, 5) is 20.6. The molecule has 2 aromatic carbocycles. The van der Waals surface area contributed by atoms with Crippen molar-refractivity contribution in [1.82, 2.24) is 14.5 Å². The summed E-state index contributed by atoms with van der Waals surface area (Å²) in [5.41, 5.74) is 10.4. The van der Waals surface area contributed by atoms with Gasteiger partial charge in [0.15, 0.2) is 0 Å². The number of nitrogen functional groups attached to an aromatic ring is 1. The number of halogens is 1. The molecule has 1 fully saturated rings. The predicted molar refractivity (Wildman–Crippen MR) is 156 cm³/mol. The van der Waals surface area contributed by atoms with Crippen LogP contribution in [0.1, 0.15) is 32.6 Å². The summed E-state index contributed by atoms with van der Waals surface area (Å²) in [7, 11) is -0.564. The Labute approximate surface area is 227 Å². The number of hydrogen-bond donors (Lipinski definition) is 2. The van der Waals surface area contributed by atoms with Crippen molar-refractivity contribution in [1.29, 1.82) is 0 Å². The second kappa shape index (κ2) is 10.3. The molecular weight excluding hydrogens is 515 g/mol. The molecule has 0 bridgehead atoms. The summed E-state index contributed by atoms with van der Waals surface area (Å²) < 4.78 is 35.2. The number of amides is 1. The highest BCUT2D eigenvalue weighted by Gasteiger charge is 2.25. The van der Waals surface area contributed by atoms with E-state index in [4.69, 9.17) is 5.73 Å². The summed E-state index contributed by atoms with van der Waals surface area (Å²) in [6.45, 7) is 5.20. The third kappa shape index (κ3) is 5.04. The summed E-state index contributed by atoms with van der Waals surface area (Å²) in [5.74, 6) is -0.638.